The van der Waals surface area contributed by atoms with Gasteiger partial charge in [0.1, 0.15) is 0 Å². The van der Waals surface area contributed by atoms with Crippen molar-refractivity contribution >= 4 is 17.7 Å². The molecule has 16 heavy (non-hydrogen) atoms. The third kappa shape index (κ3) is 2.54. The molecule has 0 radical (unpaired) electrons. The minimum atomic E-state index is -0.184. The van der Waals surface area contributed by atoms with E-state index in [0.29, 0.717) is 12.6 Å². The van der Waals surface area contributed by atoms with Gasteiger partial charge in [0.15, 0.2) is 0 Å². The summed E-state index contributed by atoms with van der Waals surface area (Å²) < 4.78 is 0. The van der Waals surface area contributed by atoms with Gasteiger partial charge in [-0.2, -0.15) is 11.8 Å². The highest BCUT2D eigenvalue weighted by molar-refractivity contribution is 7.99. The first-order valence-electron chi connectivity index (χ1n) is 6.24. The maximum Gasteiger partial charge on any atom is 0.227 e. The minimum Gasteiger partial charge on any atom is -0.353 e. The average molecular weight is 242 g/mol. The van der Waals surface area contributed by atoms with Gasteiger partial charge in [0.05, 0.1) is 5.41 Å². The lowest BCUT2D eigenvalue weighted by atomic mass is 9.94. The largest absolute Gasteiger partial charge is 0.353 e. The summed E-state index contributed by atoms with van der Waals surface area (Å²) in [7, 11) is 0. The number of nitrogens with two attached hydrogens (primary N) is 1. The molecule has 0 unspecified atom stereocenters. The van der Waals surface area contributed by atoms with E-state index in [1.807, 2.05) is 11.8 Å². The second-order valence-electron chi connectivity index (χ2n) is 5.17. The van der Waals surface area contributed by atoms with Gasteiger partial charge in [0, 0.05) is 17.8 Å². The predicted octanol–water partition coefficient (Wildman–Crippen LogP) is 1.52. The smallest absolute Gasteiger partial charge is 0.227 e. The number of nitrogens with one attached hydrogen (secondary N) is 1. The molecule has 3 N–H and O–H groups in total. The summed E-state index contributed by atoms with van der Waals surface area (Å²) in [5.41, 5.74) is 5.47. The van der Waals surface area contributed by atoms with Crippen LogP contribution in [0.2, 0.25) is 0 Å². The second-order valence-corrected chi connectivity index (χ2v) is 6.31. The second kappa shape index (κ2) is 4.96. The molecule has 0 atom stereocenters. The Bertz CT molecular complexity index is 258. The van der Waals surface area contributed by atoms with Crippen LogP contribution in [0.15, 0.2) is 0 Å². The Balaban J connectivity index is 1.76. The summed E-state index contributed by atoms with van der Waals surface area (Å²) in [4.78, 5) is 12.0. The molecule has 92 valence electrons. The van der Waals surface area contributed by atoms with Gasteiger partial charge in [0.25, 0.3) is 0 Å². The maximum absolute atomic E-state index is 12.0. The van der Waals surface area contributed by atoms with Gasteiger partial charge in [-0.25, -0.2) is 0 Å². The van der Waals surface area contributed by atoms with Crippen molar-refractivity contribution in [1.82, 2.24) is 5.32 Å². The first-order valence-corrected chi connectivity index (χ1v) is 7.53. The fraction of sp³-hybridized carbons (Fsp3) is 0.917. The quantitative estimate of drug-likeness (QED) is 0.786. The van der Waals surface area contributed by atoms with E-state index in [2.05, 4.69) is 11.6 Å². The minimum absolute atomic E-state index is 0.184. The number of rotatable bonds is 4. The Morgan fingerprint density at radius 3 is 2.44 bits per heavy atom. The van der Waals surface area contributed by atoms with Crippen LogP contribution in [0.1, 0.15) is 38.5 Å². The summed E-state index contributed by atoms with van der Waals surface area (Å²) in [6, 6.07) is 0.403. The normalized spacial score (nSPS) is 32.1. The standard InChI is InChI=1S/C12H22N2OS/c1-16-10-4-2-9(3-5-10)14-11(15)12(8-13)6-7-12/h9-10H,2-8,13H2,1H3,(H,14,15). The van der Waals surface area contributed by atoms with Crippen molar-refractivity contribution < 1.29 is 4.79 Å². The zero-order valence-electron chi connectivity index (χ0n) is 10.00. The maximum atomic E-state index is 12.0. The van der Waals surface area contributed by atoms with Crippen LogP contribution in [0.5, 0.6) is 0 Å². The van der Waals surface area contributed by atoms with Crippen molar-refractivity contribution in [3.05, 3.63) is 0 Å². The third-order valence-corrected chi connectivity index (χ3v) is 5.21. The van der Waals surface area contributed by atoms with E-state index < -0.39 is 0 Å². The van der Waals surface area contributed by atoms with Gasteiger partial charge < -0.3 is 11.1 Å². The highest BCUT2D eigenvalue weighted by atomic mass is 32.2. The van der Waals surface area contributed by atoms with E-state index in [9.17, 15) is 4.79 Å². The highest BCUT2D eigenvalue weighted by Gasteiger charge is 2.48. The predicted molar refractivity (Wildman–Crippen MR) is 68.4 cm³/mol. The number of hydrogen-bond acceptors (Lipinski definition) is 3. The molecule has 4 heteroatoms. The Morgan fingerprint density at radius 2 is 2.00 bits per heavy atom. The molecule has 2 rings (SSSR count). The van der Waals surface area contributed by atoms with Crippen molar-refractivity contribution in [2.45, 2.75) is 49.8 Å². The zero-order chi connectivity index (χ0) is 11.6. The number of carbonyl (C=O) groups is 1. The topological polar surface area (TPSA) is 55.1 Å². The van der Waals surface area contributed by atoms with Crippen LogP contribution in [0, 0.1) is 5.41 Å². The van der Waals surface area contributed by atoms with Crippen molar-refractivity contribution in [2.75, 3.05) is 12.8 Å². The monoisotopic (exact) mass is 242 g/mol. The lowest BCUT2D eigenvalue weighted by Crippen LogP contribution is -2.44. The molecule has 2 aliphatic carbocycles. The lowest BCUT2D eigenvalue weighted by molar-refractivity contribution is -0.126. The Labute approximate surface area is 102 Å². The summed E-state index contributed by atoms with van der Waals surface area (Å²) in [6.45, 7) is 0.513. The summed E-state index contributed by atoms with van der Waals surface area (Å²) >= 11 is 1.96. The van der Waals surface area contributed by atoms with Crippen LogP contribution in [0.25, 0.3) is 0 Å². The zero-order valence-corrected chi connectivity index (χ0v) is 10.8. The molecule has 1 amide bonds. The number of amides is 1. The molecule has 0 heterocycles. The lowest BCUT2D eigenvalue weighted by Gasteiger charge is -2.29. The average Bonchev–Trinajstić information content (AvgIpc) is 3.11. The number of hydrogen-bond donors (Lipinski definition) is 2. The van der Waals surface area contributed by atoms with Crippen LogP contribution in [0.3, 0.4) is 0 Å². The molecule has 2 aliphatic rings. The fourth-order valence-corrected chi connectivity index (χ4v) is 3.20. The van der Waals surface area contributed by atoms with Crippen molar-refractivity contribution in [2.24, 2.45) is 11.1 Å². The van der Waals surface area contributed by atoms with Crippen LogP contribution < -0.4 is 11.1 Å². The molecule has 2 saturated carbocycles. The van der Waals surface area contributed by atoms with Gasteiger partial charge in [0.2, 0.25) is 5.91 Å². The van der Waals surface area contributed by atoms with E-state index in [4.69, 9.17) is 5.73 Å². The van der Waals surface area contributed by atoms with Crippen molar-refractivity contribution in [3.8, 4) is 0 Å². The van der Waals surface area contributed by atoms with Crippen LogP contribution in [-0.4, -0.2) is 30.0 Å². The Morgan fingerprint density at radius 1 is 1.38 bits per heavy atom. The molecule has 3 nitrogen and oxygen atoms in total. The summed E-state index contributed by atoms with van der Waals surface area (Å²) in [5.74, 6) is 0.211. The van der Waals surface area contributed by atoms with Gasteiger partial charge >= 0.3 is 0 Å². The summed E-state index contributed by atoms with van der Waals surface area (Å²) in [6.07, 6.45) is 8.89. The van der Waals surface area contributed by atoms with Crippen molar-refractivity contribution in [3.63, 3.8) is 0 Å². The van der Waals surface area contributed by atoms with E-state index in [0.717, 1.165) is 30.9 Å². The molecule has 0 aliphatic heterocycles. The van der Waals surface area contributed by atoms with Gasteiger partial charge in [-0.3, -0.25) is 4.79 Å². The van der Waals surface area contributed by atoms with Crippen LogP contribution in [0.4, 0.5) is 0 Å². The highest BCUT2D eigenvalue weighted by Crippen LogP contribution is 2.45. The number of thioether (sulfide) groups is 1. The van der Waals surface area contributed by atoms with Crippen LogP contribution >= 0.6 is 11.8 Å². The SMILES string of the molecule is CSC1CCC(NC(=O)C2(CN)CC2)CC1. The van der Waals surface area contributed by atoms with E-state index in [1.54, 1.807) is 0 Å². The molecular formula is C12H22N2OS. The molecule has 0 aromatic carbocycles. The molecule has 0 aromatic heterocycles. The molecule has 0 bridgehead atoms. The summed E-state index contributed by atoms with van der Waals surface area (Å²) in [5, 5.41) is 3.99. The molecule has 0 aromatic rings. The van der Waals surface area contributed by atoms with E-state index in [1.165, 1.54) is 12.8 Å². The van der Waals surface area contributed by atoms with E-state index in [-0.39, 0.29) is 11.3 Å². The van der Waals surface area contributed by atoms with Gasteiger partial charge in [-0.1, -0.05) is 0 Å². The molecule has 0 spiro atoms. The number of carbonyl (C=O) groups excluding carboxylic acids is 1. The fourth-order valence-electron chi connectivity index (χ4n) is 2.46. The Hall–Kier alpha value is -0.220. The molecule has 2 fully saturated rings. The first kappa shape index (κ1) is 12.2. The van der Waals surface area contributed by atoms with Gasteiger partial charge in [-0.05, 0) is 44.8 Å². The first-order chi connectivity index (χ1) is 7.70. The van der Waals surface area contributed by atoms with E-state index >= 15 is 0 Å². The molecule has 0 saturated heterocycles. The Kier molecular flexibility index (Phi) is 3.80. The van der Waals surface area contributed by atoms with Gasteiger partial charge in [-0.15, -0.1) is 0 Å². The third-order valence-electron chi connectivity index (χ3n) is 4.07. The molecular weight excluding hydrogens is 220 g/mol. The van der Waals surface area contributed by atoms with Crippen molar-refractivity contribution in [1.29, 1.82) is 0 Å². The van der Waals surface area contributed by atoms with Crippen LogP contribution in [-0.2, 0) is 4.79 Å².